The van der Waals surface area contributed by atoms with E-state index < -0.39 is 22.7 Å². The summed E-state index contributed by atoms with van der Waals surface area (Å²) in [5.41, 5.74) is -0.418. The molecule has 0 bridgehead atoms. The zero-order chi connectivity index (χ0) is 12.8. The van der Waals surface area contributed by atoms with Crippen LogP contribution in [0.1, 0.15) is 27.9 Å². The van der Waals surface area contributed by atoms with E-state index in [2.05, 4.69) is 15.3 Å². The van der Waals surface area contributed by atoms with E-state index in [-0.39, 0.29) is 17.9 Å². The summed E-state index contributed by atoms with van der Waals surface area (Å²) in [5, 5.41) is 11.2. The maximum absolute atomic E-state index is 11.5. The van der Waals surface area contributed by atoms with Crippen LogP contribution < -0.4 is 5.32 Å². The van der Waals surface area contributed by atoms with E-state index in [9.17, 15) is 13.8 Å². The molecule has 1 aromatic rings. The van der Waals surface area contributed by atoms with Gasteiger partial charge in [-0.2, -0.15) is 0 Å². The highest BCUT2D eigenvalue weighted by atomic mass is 32.2. The van der Waals surface area contributed by atoms with Gasteiger partial charge in [0.1, 0.15) is 0 Å². The molecule has 1 rings (SSSR count). The van der Waals surface area contributed by atoms with Crippen molar-refractivity contribution in [3.8, 4) is 0 Å². The molecule has 0 aliphatic rings. The van der Waals surface area contributed by atoms with Crippen molar-refractivity contribution < 1.29 is 18.9 Å². The van der Waals surface area contributed by atoms with Gasteiger partial charge in [-0.3, -0.25) is 9.00 Å². The number of imidazole rings is 1. The molecule has 1 unspecified atom stereocenters. The maximum Gasteiger partial charge on any atom is 0.354 e. The number of carbonyl (C=O) groups excluding carboxylic acids is 1. The molecule has 1 atom stereocenters. The van der Waals surface area contributed by atoms with Crippen LogP contribution in [-0.2, 0) is 10.8 Å². The average Bonchev–Trinajstić information content (AvgIpc) is 2.77. The number of hydrogen-bond donors (Lipinski definition) is 3. The summed E-state index contributed by atoms with van der Waals surface area (Å²) in [6.07, 6.45) is 1.14. The molecule has 0 aliphatic heterocycles. The van der Waals surface area contributed by atoms with Crippen LogP contribution in [0.2, 0.25) is 0 Å². The number of carboxylic acids is 1. The second-order valence-corrected chi connectivity index (χ2v) is 4.99. The highest BCUT2D eigenvalue weighted by Crippen LogP contribution is 2.02. The molecule has 7 nitrogen and oxygen atoms in total. The Morgan fingerprint density at radius 3 is 2.88 bits per heavy atom. The molecule has 1 amide bonds. The number of nitrogens with zero attached hydrogens (tertiary/aromatic N) is 1. The van der Waals surface area contributed by atoms with Gasteiger partial charge in [0.2, 0.25) is 0 Å². The van der Waals surface area contributed by atoms with Gasteiger partial charge in [0.15, 0.2) is 11.4 Å². The van der Waals surface area contributed by atoms with Crippen LogP contribution in [0.15, 0.2) is 6.33 Å². The lowest BCUT2D eigenvalue weighted by molar-refractivity contribution is 0.0685. The summed E-state index contributed by atoms with van der Waals surface area (Å²) in [6.45, 7) is 2.01. The largest absolute Gasteiger partial charge is 0.477 e. The van der Waals surface area contributed by atoms with Gasteiger partial charge < -0.3 is 15.4 Å². The summed E-state index contributed by atoms with van der Waals surface area (Å²) in [4.78, 5) is 28.3. The van der Waals surface area contributed by atoms with Gasteiger partial charge in [-0.1, -0.05) is 6.92 Å². The second kappa shape index (κ2) is 6.14. The van der Waals surface area contributed by atoms with E-state index >= 15 is 0 Å². The van der Waals surface area contributed by atoms with Crippen molar-refractivity contribution in [1.82, 2.24) is 15.3 Å². The molecule has 8 heteroatoms. The topological polar surface area (TPSA) is 112 Å². The number of aromatic carboxylic acids is 1. The third-order valence-corrected chi connectivity index (χ3v) is 3.31. The molecule has 0 spiro atoms. The summed E-state index contributed by atoms with van der Waals surface area (Å²) in [7, 11) is -0.964. The predicted octanol–water partition coefficient (Wildman–Crippen LogP) is -0.394. The van der Waals surface area contributed by atoms with Gasteiger partial charge >= 0.3 is 5.97 Å². The Bertz CT molecular complexity index is 443. The van der Waals surface area contributed by atoms with E-state index in [4.69, 9.17) is 5.11 Å². The average molecular weight is 259 g/mol. The number of carboxylic acid groups (broad SMARTS) is 1. The Labute approximate surface area is 100 Å². The first kappa shape index (κ1) is 13.4. The van der Waals surface area contributed by atoms with Crippen molar-refractivity contribution in [3.05, 3.63) is 17.7 Å². The van der Waals surface area contributed by atoms with Crippen LogP contribution in [-0.4, -0.2) is 49.2 Å². The van der Waals surface area contributed by atoms with Gasteiger partial charge in [0.25, 0.3) is 5.91 Å². The monoisotopic (exact) mass is 259 g/mol. The smallest absolute Gasteiger partial charge is 0.354 e. The number of hydrogen-bond acceptors (Lipinski definition) is 4. The molecule has 0 saturated heterocycles. The van der Waals surface area contributed by atoms with E-state index in [1.807, 2.05) is 0 Å². The minimum atomic E-state index is -1.25. The lowest BCUT2D eigenvalue weighted by Gasteiger charge is -2.03. The third kappa shape index (κ3) is 3.66. The number of H-pyrrole nitrogens is 1. The molecule has 94 valence electrons. The molecule has 0 aromatic carbocycles. The SMILES string of the molecule is CCS(=O)CCNC(=O)c1nc[nH]c1C(=O)O. The molecule has 0 radical (unpaired) electrons. The van der Waals surface area contributed by atoms with Crippen molar-refractivity contribution >= 4 is 22.7 Å². The van der Waals surface area contributed by atoms with Crippen molar-refractivity contribution in [3.63, 3.8) is 0 Å². The molecular formula is C9H13N3O4S. The van der Waals surface area contributed by atoms with E-state index in [1.54, 1.807) is 6.92 Å². The Morgan fingerprint density at radius 1 is 1.59 bits per heavy atom. The molecule has 0 saturated carbocycles. The second-order valence-electron chi connectivity index (χ2n) is 3.12. The molecule has 3 N–H and O–H groups in total. The Morgan fingerprint density at radius 2 is 2.29 bits per heavy atom. The molecular weight excluding hydrogens is 246 g/mol. The van der Waals surface area contributed by atoms with Crippen LogP contribution in [0.3, 0.4) is 0 Å². The van der Waals surface area contributed by atoms with Crippen molar-refractivity contribution in [2.45, 2.75) is 6.92 Å². The van der Waals surface area contributed by atoms with Crippen LogP contribution >= 0.6 is 0 Å². The van der Waals surface area contributed by atoms with Crippen LogP contribution in [0, 0.1) is 0 Å². The number of carbonyl (C=O) groups is 2. The number of aromatic nitrogens is 2. The fourth-order valence-corrected chi connectivity index (χ4v) is 1.75. The molecule has 0 fully saturated rings. The Hall–Kier alpha value is -1.70. The lowest BCUT2D eigenvalue weighted by atomic mass is 10.3. The van der Waals surface area contributed by atoms with Crippen LogP contribution in [0.5, 0.6) is 0 Å². The van der Waals surface area contributed by atoms with E-state index in [0.717, 1.165) is 6.33 Å². The number of nitrogens with one attached hydrogen (secondary N) is 2. The van der Waals surface area contributed by atoms with Crippen molar-refractivity contribution in [2.24, 2.45) is 0 Å². The molecule has 17 heavy (non-hydrogen) atoms. The van der Waals surface area contributed by atoms with E-state index in [1.165, 1.54) is 0 Å². The Kier molecular flexibility index (Phi) is 4.83. The van der Waals surface area contributed by atoms with E-state index in [0.29, 0.717) is 11.5 Å². The highest BCUT2D eigenvalue weighted by Gasteiger charge is 2.19. The fourth-order valence-electron chi connectivity index (χ4n) is 1.14. The highest BCUT2D eigenvalue weighted by molar-refractivity contribution is 7.84. The lowest BCUT2D eigenvalue weighted by Crippen LogP contribution is -2.29. The zero-order valence-corrected chi connectivity index (χ0v) is 10.0. The maximum atomic E-state index is 11.5. The van der Waals surface area contributed by atoms with Gasteiger partial charge in [-0.05, 0) is 0 Å². The quantitative estimate of drug-likeness (QED) is 0.644. The normalized spacial score (nSPS) is 12.1. The number of rotatable bonds is 6. The summed E-state index contributed by atoms with van der Waals surface area (Å²) < 4.78 is 11.1. The zero-order valence-electron chi connectivity index (χ0n) is 9.23. The van der Waals surface area contributed by atoms with Gasteiger partial charge in [-0.15, -0.1) is 0 Å². The summed E-state index contributed by atoms with van der Waals surface area (Å²) in [5.74, 6) is -0.963. The molecule has 0 aliphatic carbocycles. The fraction of sp³-hybridized carbons (Fsp3) is 0.444. The minimum absolute atomic E-state index is 0.167. The van der Waals surface area contributed by atoms with Crippen LogP contribution in [0.4, 0.5) is 0 Å². The standard InChI is InChI=1S/C9H13N3O4S/c1-2-17(16)4-3-10-8(13)6-7(9(14)15)12-5-11-6/h5H,2-4H2,1H3,(H,10,13)(H,11,12)(H,14,15). The number of amides is 1. The molecule has 1 heterocycles. The van der Waals surface area contributed by atoms with Crippen LogP contribution in [0.25, 0.3) is 0 Å². The van der Waals surface area contributed by atoms with Gasteiger partial charge in [0.05, 0.1) is 6.33 Å². The molecule has 1 aromatic heterocycles. The first-order valence-electron chi connectivity index (χ1n) is 4.96. The first-order valence-corrected chi connectivity index (χ1v) is 6.45. The predicted molar refractivity (Wildman–Crippen MR) is 61.4 cm³/mol. The minimum Gasteiger partial charge on any atom is -0.477 e. The Balaban J connectivity index is 2.55. The number of aromatic amines is 1. The third-order valence-electron chi connectivity index (χ3n) is 2.01. The van der Waals surface area contributed by atoms with Gasteiger partial charge in [-0.25, -0.2) is 9.78 Å². The van der Waals surface area contributed by atoms with Crippen molar-refractivity contribution in [2.75, 3.05) is 18.1 Å². The first-order chi connectivity index (χ1) is 8.06. The summed E-state index contributed by atoms with van der Waals surface area (Å²) >= 11 is 0. The summed E-state index contributed by atoms with van der Waals surface area (Å²) in [6, 6.07) is 0. The van der Waals surface area contributed by atoms with Crippen molar-refractivity contribution in [1.29, 1.82) is 0 Å². The van der Waals surface area contributed by atoms with Gasteiger partial charge in [0, 0.05) is 28.9 Å².